The molecule has 4 aromatic rings. The van der Waals surface area contributed by atoms with E-state index in [1.54, 1.807) is 30.3 Å². The lowest BCUT2D eigenvalue weighted by Crippen LogP contribution is -2.45. The number of hydrogen-bond acceptors (Lipinski definition) is 5. The molecule has 0 saturated carbocycles. The predicted octanol–water partition coefficient (Wildman–Crippen LogP) is 5.08. The highest BCUT2D eigenvalue weighted by Crippen LogP contribution is 2.25. The maximum Gasteiger partial charge on any atom is 0.261 e. The van der Waals surface area contributed by atoms with Crippen molar-refractivity contribution in [1.29, 1.82) is 0 Å². The van der Waals surface area contributed by atoms with Gasteiger partial charge >= 0.3 is 0 Å². The molecule has 0 fully saturated rings. The van der Waals surface area contributed by atoms with E-state index in [1.807, 2.05) is 36.4 Å². The number of anilines is 1. The van der Waals surface area contributed by atoms with E-state index in [0.29, 0.717) is 5.56 Å². The summed E-state index contributed by atoms with van der Waals surface area (Å²) in [4.78, 5) is 28.4. The summed E-state index contributed by atoms with van der Waals surface area (Å²) >= 11 is 0. The molecule has 2 N–H and O–H groups in total. The Kier molecular flexibility index (Phi) is 10.1. The molecule has 0 saturated heterocycles. The van der Waals surface area contributed by atoms with Gasteiger partial charge in [-0.1, -0.05) is 66.7 Å². The highest BCUT2D eigenvalue weighted by Gasteiger charge is 2.31. The first-order valence-electron chi connectivity index (χ1n) is 13.0. The smallest absolute Gasteiger partial charge is 0.261 e. The van der Waals surface area contributed by atoms with Gasteiger partial charge in [-0.25, -0.2) is 12.8 Å². The highest BCUT2D eigenvalue weighted by atomic mass is 32.2. The maximum atomic E-state index is 13.6. The Labute approximate surface area is 244 Å². The van der Waals surface area contributed by atoms with Crippen LogP contribution in [-0.4, -0.2) is 38.3 Å². The zero-order valence-corrected chi connectivity index (χ0v) is 23.5. The Hall–Kier alpha value is -4.96. The molecule has 10 heteroatoms. The fourth-order valence-electron chi connectivity index (χ4n) is 4.16. The highest BCUT2D eigenvalue weighted by molar-refractivity contribution is 7.92. The van der Waals surface area contributed by atoms with Crippen LogP contribution in [0.2, 0.25) is 0 Å². The molecule has 8 nitrogen and oxygen atoms in total. The summed E-state index contributed by atoms with van der Waals surface area (Å²) in [5.74, 6) is -1.04. The number of hydrogen-bond donors (Lipinski definition) is 2. The Bertz CT molecular complexity index is 1600. The van der Waals surface area contributed by atoms with Gasteiger partial charge in [0.05, 0.1) is 4.90 Å². The third-order valence-electron chi connectivity index (χ3n) is 6.20. The first kappa shape index (κ1) is 30.0. The molecule has 1 unspecified atom stereocenters. The van der Waals surface area contributed by atoms with Crippen LogP contribution in [0.15, 0.2) is 127 Å². The molecule has 0 aliphatic heterocycles. The Balaban J connectivity index is 1.52. The second-order valence-corrected chi connectivity index (χ2v) is 10.9. The van der Waals surface area contributed by atoms with Crippen molar-refractivity contribution in [2.75, 3.05) is 17.9 Å². The molecule has 0 bridgehead atoms. The van der Waals surface area contributed by atoms with Crippen LogP contribution in [0.1, 0.15) is 17.2 Å². The van der Waals surface area contributed by atoms with Crippen LogP contribution in [0, 0.1) is 5.82 Å². The fourth-order valence-corrected chi connectivity index (χ4v) is 5.21. The van der Waals surface area contributed by atoms with E-state index in [2.05, 4.69) is 16.6 Å². The summed E-state index contributed by atoms with van der Waals surface area (Å²) in [5.41, 5.74) is 1.67. The molecule has 0 radical (unpaired) electrons. The minimum absolute atomic E-state index is 0.0424. The monoisotopic (exact) mass is 587 g/mol. The fraction of sp³-hybridized carbons (Fsp3) is 0.125. The van der Waals surface area contributed by atoms with Crippen LogP contribution in [0.4, 0.5) is 10.1 Å². The van der Waals surface area contributed by atoms with Crippen molar-refractivity contribution in [3.63, 3.8) is 0 Å². The van der Waals surface area contributed by atoms with E-state index in [1.165, 1.54) is 41.3 Å². The summed E-state index contributed by atoms with van der Waals surface area (Å²) in [6, 6.07) is 27.8. The number of carbonyl (C=O) groups is 2. The largest absolute Gasteiger partial charge is 0.484 e. The quantitative estimate of drug-likeness (QED) is 0.213. The number of ether oxygens (including phenoxy) is 1. The van der Waals surface area contributed by atoms with Gasteiger partial charge in [0.15, 0.2) is 6.61 Å². The molecule has 2 amide bonds. The van der Waals surface area contributed by atoms with Crippen molar-refractivity contribution in [3.8, 4) is 5.75 Å². The zero-order chi connectivity index (χ0) is 30.0. The van der Waals surface area contributed by atoms with Gasteiger partial charge in [-0.15, -0.1) is 6.58 Å². The molecule has 4 rings (SSSR count). The van der Waals surface area contributed by atoms with Crippen LogP contribution in [0.25, 0.3) is 0 Å². The van der Waals surface area contributed by atoms with Crippen molar-refractivity contribution < 1.29 is 27.1 Å². The van der Waals surface area contributed by atoms with Gasteiger partial charge in [-0.05, 0) is 59.7 Å². The molecule has 0 aliphatic carbocycles. The molecule has 0 aliphatic rings. The molecular weight excluding hydrogens is 557 g/mol. The molecule has 0 heterocycles. The third kappa shape index (κ3) is 8.05. The summed E-state index contributed by atoms with van der Waals surface area (Å²) in [6.07, 6.45) is 1.56. The standard InChI is InChI=1S/C32H30FN3O5S/c1-2-21-34-32(38)31(25-11-7-4-8-12-25)36(22-24-9-5-3-6-10-24)30(37)23-41-28-17-19-29(20-18-28)42(39,40)35-27-15-13-26(33)14-16-27/h2-20,31,35H,1,21-23H2,(H,34,38). The topological polar surface area (TPSA) is 105 Å². The van der Waals surface area contributed by atoms with Gasteiger partial charge < -0.3 is 15.0 Å². The summed E-state index contributed by atoms with van der Waals surface area (Å²) in [5, 5.41) is 2.79. The van der Waals surface area contributed by atoms with E-state index >= 15 is 0 Å². The first-order chi connectivity index (χ1) is 20.3. The third-order valence-corrected chi connectivity index (χ3v) is 7.60. The Morgan fingerprint density at radius 1 is 0.881 bits per heavy atom. The molecular formula is C32H30FN3O5S. The number of rotatable bonds is 13. The summed E-state index contributed by atoms with van der Waals surface area (Å²) in [6.45, 7) is 3.63. The first-order valence-corrected chi connectivity index (χ1v) is 14.5. The minimum atomic E-state index is -3.94. The van der Waals surface area contributed by atoms with Gasteiger partial charge in [-0.3, -0.25) is 14.3 Å². The van der Waals surface area contributed by atoms with Crippen molar-refractivity contribution in [1.82, 2.24) is 10.2 Å². The van der Waals surface area contributed by atoms with E-state index in [0.717, 1.165) is 17.7 Å². The maximum absolute atomic E-state index is 13.6. The van der Waals surface area contributed by atoms with Crippen LogP contribution in [-0.2, 0) is 26.2 Å². The van der Waals surface area contributed by atoms with Crippen LogP contribution in [0.5, 0.6) is 5.75 Å². The SMILES string of the molecule is C=CCNC(=O)C(c1ccccc1)N(Cc1ccccc1)C(=O)COc1ccc(S(=O)(=O)Nc2ccc(F)cc2)cc1. The van der Waals surface area contributed by atoms with Crippen molar-refractivity contribution in [2.45, 2.75) is 17.5 Å². The molecule has 216 valence electrons. The lowest BCUT2D eigenvalue weighted by Gasteiger charge is -2.31. The van der Waals surface area contributed by atoms with E-state index in [-0.39, 0.29) is 35.3 Å². The van der Waals surface area contributed by atoms with Gasteiger partial charge in [0, 0.05) is 18.8 Å². The van der Waals surface area contributed by atoms with E-state index in [9.17, 15) is 22.4 Å². The predicted molar refractivity (Wildman–Crippen MR) is 159 cm³/mol. The number of nitrogens with zero attached hydrogens (tertiary/aromatic N) is 1. The van der Waals surface area contributed by atoms with Crippen molar-refractivity contribution in [2.24, 2.45) is 0 Å². The lowest BCUT2D eigenvalue weighted by atomic mass is 10.0. The van der Waals surface area contributed by atoms with Crippen LogP contribution < -0.4 is 14.8 Å². The van der Waals surface area contributed by atoms with Gasteiger partial charge in [0.2, 0.25) is 5.91 Å². The van der Waals surface area contributed by atoms with Crippen molar-refractivity contribution in [3.05, 3.63) is 139 Å². The number of sulfonamides is 1. The Morgan fingerprint density at radius 2 is 1.50 bits per heavy atom. The molecule has 4 aromatic carbocycles. The average Bonchev–Trinajstić information content (AvgIpc) is 3.01. The summed E-state index contributed by atoms with van der Waals surface area (Å²) < 4.78 is 46.7. The average molecular weight is 588 g/mol. The zero-order valence-electron chi connectivity index (χ0n) is 22.7. The number of halogens is 1. The molecule has 0 spiro atoms. The second kappa shape index (κ2) is 14.1. The van der Waals surface area contributed by atoms with Gasteiger partial charge in [-0.2, -0.15) is 0 Å². The van der Waals surface area contributed by atoms with Crippen molar-refractivity contribution >= 4 is 27.5 Å². The minimum Gasteiger partial charge on any atom is -0.484 e. The molecule has 1 atom stereocenters. The van der Waals surface area contributed by atoms with E-state index in [4.69, 9.17) is 4.74 Å². The summed E-state index contributed by atoms with van der Waals surface area (Å²) in [7, 11) is -3.94. The number of carbonyl (C=O) groups excluding carboxylic acids is 2. The second-order valence-electron chi connectivity index (χ2n) is 9.23. The molecule has 0 aromatic heterocycles. The molecule has 42 heavy (non-hydrogen) atoms. The van der Waals surface area contributed by atoms with Crippen LogP contribution >= 0.6 is 0 Å². The van der Waals surface area contributed by atoms with Gasteiger partial charge in [0.1, 0.15) is 17.6 Å². The number of benzene rings is 4. The number of nitrogens with one attached hydrogen (secondary N) is 2. The number of amides is 2. The lowest BCUT2D eigenvalue weighted by molar-refractivity contribution is -0.143. The van der Waals surface area contributed by atoms with Crippen LogP contribution in [0.3, 0.4) is 0 Å². The normalized spacial score (nSPS) is 11.6. The Morgan fingerprint density at radius 3 is 2.12 bits per heavy atom. The van der Waals surface area contributed by atoms with E-state index < -0.39 is 34.4 Å². The van der Waals surface area contributed by atoms with Gasteiger partial charge in [0.25, 0.3) is 15.9 Å².